The molecule has 3 nitrogen and oxygen atoms in total. The molecule has 3 rings (SSSR count). The van der Waals surface area contributed by atoms with Crippen LogP contribution in [0.25, 0.3) is 0 Å². The molecule has 2 N–H and O–H groups in total. The molecular formula is C20H18F2N2O. The van der Waals surface area contributed by atoms with Gasteiger partial charge < -0.3 is 10.4 Å². The van der Waals surface area contributed by atoms with Gasteiger partial charge in [-0.1, -0.05) is 36.4 Å². The number of aromatic nitrogens is 1. The highest BCUT2D eigenvalue weighted by atomic mass is 19.1. The van der Waals surface area contributed by atoms with Gasteiger partial charge in [0.15, 0.2) is 0 Å². The van der Waals surface area contributed by atoms with Crippen molar-refractivity contribution < 1.29 is 13.9 Å². The van der Waals surface area contributed by atoms with Gasteiger partial charge in [0.2, 0.25) is 0 Å². The van der Waals surface area contributed by atoms with E-state index in [4.69, 9.17) is 0 Å². The molecule has 2 unspecified atom stereocenters. The maximum Gasteiger partial charge on any atom is 0.131 e. The Morgan fingerprint density at radius 2 is 1.44 bits per heavy atom. The number of nitrogens with one attached hydrogen (secondary N) is 1. The van der Waals surface area contributed by atoms with Gasteiger partial charge in [-0.3, -0.25) is 4.98 Å². The summed E-state index contributed by atoms with van der Waals surface area (Å²) in [4.78, 5) is 4.01. The number of halogens is 2. The highest BCUT2D eigenvalue weighted by Gasteiger charge is 2.20. The third-order valence-electron chi connectivity index (χ3n) is 4.02. The van der Waals surface area contributed by atoms with Crippen molar-refractivity contribution in [1.82, 2.24) is 10.3 Å². The van der Waals surface area contributed by atoms with Crippen LogP contribution >= 0.6 is 0 Å². The molecule has 0 aliphatic heterocycles. The van der Waals surface area contributed by atoms with Crippen molar-refractivity contribution >= 4 is 0 Å². The van der Waals surface area contributed by atoms with Crippen LogP contribution in [0, 0.1) is 11.6 Å². The largest absolute Gasteiger partial charge is 0.387 e. The van der Waals surface area contributed by atoms with Crippen LogP contribution in [0.1, 0.15) is 28.8 Å². The Morgan fingerprint density at radius 3 is 2.08 bits per heavy atom. The Bertz CT molecular complexity index is 753. The maximum atomic E-state index is 13.8. The van der Waals surface area contributed by atoms with Gasteiger partial charge in [0, 0.05) is 18.9 Å². The fourth-order valence-electron chi connectivity index (χ4n) is 2.79. The Morgan fingerprint density at radius 1 is 0.840 bits per heavy atom. The molecule has 3 aromatic rings. The molecule has 0 bridgehead atoms. The van der Waals surface area contributed by atoms with E-state index in [-0.39, 0.29) is 18.2 Å². The molecule has 0 saturated carbocycles. The molecule has 0 fully saturated rings. The average Bonchev–Trinajstić information content (AvgIpc) is 2.63. The summed E-state index contributed by atoms with van der Waals surface area (Å²) in [5, 5.41) is 13.5. The van der Waals surface area contributed by atoms with Gasteiger partial charge in [-0.2, -0.15) is 0 Å². The van der Waals surface area contributed by atoms with Gasteiger partial charge in [0.05, 0.1) is 17.7 Å². The van der Waals surface area contributed by atoms with E-state index in [1.54, 1.807) is 12.4 Å². The van der Waals surface area contributed by atoms with Crippen LogP contribution in [0.4, 0.5) is 8.78 Å². The van der Waals surface area contributed by atoms with E-state index < -0.39 is 17.7 Å². The summed E-state index contributed by atoms with van der Waals surface area (Å²) in [5.74, 6) is -1.51. The smallest absolute Gasteiger partial charge is 0.131 e. The van der Waals surface area contributed by atoms with E-state index in [1.807, 2.05) is 42.5 Å². The van der Waals surface area contributed by atoms with E-state index in [0.29, 0.717) is 0 Å². The second-order valence-corrected chi connectivity index (χ2v) is 5.68. The van der Waals surface area contributed by atoms with Crippen LogP contribution in [0.15, 0.2) is 73.1 Å². The quantitative estimate of drug-likeness (QED) is 0.718. The van der Waals surface area contributed by atoms with Crippen molar-refractivity contribution in [3.63, 3.8) is 0 Å². The van der Waals surface area contributed by atoms with Crippen molar-refractivity contribution in [2.75, 3.05) is 6.54 Å². The van der Waals surface area contributed by atoms with Gasteiger partial charge in [-0.15, -0.1) is 0 Å². The average molecular weight is 340 g/mol. The Hall–Kier alpha value is -2.63. The first kappa shape index (κ1) is 17.2. The zero-order valence-corrected chi connectivity index (χ0v) is 13.4. The Kier molecular flexibility index (Phi) is 5.48. The second-order valence-electron chi connectivity index (χ2n) is 5.68. The highest BCUT2D eigenvalue weighted by molar-refractivity contribution is 5.30. The van der Waals surface area contributed by atoms with Gasteiger partial charge >= 0.3 is 0 Å². The van der Waals surface area contributed by atoms with Crippen LogP contribution in [-0.2, 0) is 0 Å². The molecule has 1 aromatic heterocycles. The van der Waals surface area contributed by atoms with E-state index in [9.17, 15) is 13.9 Å². The van der Waals surface area contributed by atoms with E-state index >= 15 is 0 Å². The summed E-state index contributed by atoms with van der Waals surface area (Å²) < 4.78 is 27.7. The third-order valence-corrected chi connectivity index (χ3v) is 4.02. The molecule has 2 atom stereocenters. The second kappa shape index (κ2) is 7.96. The molecule has 0 aliphatic carbocycles. The molecule has 0 radical (unpaired) electrons. The number of rotatable bonds is 6. The first-order valence-corrected chi connectivity index (χ1v) is 7.97. The van der Waals surface area contributed by atoms with E-state index in [0.717, 1.165) is 23.3 Å². The minimum absolute atomic E-state index is 0.000261. The minimum atomic E-state index is -1.30. The summed E-state index contributed by atoms with van der Waals surface area (Å²) in [7, 11) is 0. The number of hydrogen-bond acceptors (Lipinski definition) is 3. The van der Waals surface area contributed by atoms with E-state index in [1.165, 1.54) is 6.07 Å². The summed E-state index contributed by atoms with van der Waals surface area (Å²) in [6, 6.07) is 16.7. The molecule has 0 aliphatic rings. The predicted molar refractivity (Wildman–Crippen MR) is 91.8 cm³/mol. The normalized spacial score (nSPS) is 13.4. The molecule has 5 heteroatoms. The lowest BCUT2D eigenvalue weighted by atomic mass is 9.99. The van der Waals surface area contributed by atoms with Gasteiger partial charge in [0.25, 0.3) is 0 Å². The van der Waals surface area contributed by atoms with Crippen molar-refractivity contribution in [3.05, 3.63) is 101 Å². The molecule has 0 amide bonds. The van der Waals surface area contributed by atoms with E-state index in [2.05, 4.69) is 10.3 Å². The van der Waals surface area contributed by atoms with Crippen molar-refractivity contribution in [3.8, 4) is 0 Å². The summed E-state index contributed by atoms with van der Waals surface area (Å²) in [5.41, 5.74) is 1.61. The topological polar surface area (TPSA) is 45.1 Å². The van der Waals surface area contributed by atoms with Crippen LogP contribution in [0.3, 0.4) is 0 Å². The summed E-state index contributed by atoms with van der Waals surface area (Å²) >= 11 is 0. The molecular weight excluding hydrogens is 322 g/mol. The first-order chi connectivity index (χ1) is 12.2. The SMILES string of the molecule is OC(CNC(c1ccccc1)c1ccncc1)c1c(F)cccc1F. The minimum Gasteiger partial charge on any atom is -0.387 e. The molecule has 1 heterocycles. The number of pyridine rings is 1. The first-order valence-electron chi connectivity index (χ1n) is 7.97. The number of benzene rings is 2. The number of hydrogen-bond donors (Lipinski definition) is 2. The van der Waals surface area contributed by atoms with Crippen LogP contribution in [-0.4, -0.2) is 16.6 Å². The lowest BCUT2D eigenvalue weighted by Crippen LogP contribution is -2.28. The Labute approximate surface area is 145 Å². The number of aliphatic hydroxyl groups excluding tert-OH is 1. The maximum absolute atomic E-state index is 13.8. The zero-order valence-electron chi connectivity index (χ0n) is 13.4. The number of nitrogens with zero attached hydrogens (tertiary/aromatic N) is 1. The lowest BCUT2D eigenvalue weighted by Gasteiger charge is -2.22. The molecule has 2 aromatic carbocycles. The predicted octanol–water partition coefficient (Wildman–Crippen LogP) is 3.77. The highest BCUT2D eigenvalue weighted by Crippen LogP contribution is 2.24. The summed E-state index contributed by atoms with van der Waals surface area (Å²) in [6.07, 6.45) is 2.06. The molecule has 0 saturated heterocycles. The van der Waals surface area contributed by atoms with Crippen LogP contribution in [0.2, 0.25) is 0 Å². The standard InChI is InChI=1S/C20H18F2N2O/c21-16-7-4-8-17(22)19(16)18(25)13-24-20(14-5-2-1-3-6-14)15-9-11-23-12-10-15/h1-12,18,20,24-25H,13H2. The number of aliphatic hydroxyl groups is 1. The van der Waals surface area contributed by atoms with Crippen LogP contribution in [0.5, 0.6) is 0 Å². The lowest BCUT2D eigenvalue weighted by molar-refractivity contribution is 0.162. The van der Waals surface area contributed by atoms with Crippen molar-refractivity contribution in [2.24, 2.45) is 0 Å². The zero-order chi connectivity index (χ0) is 17.6. The fraction of sp³-hybridized carbons (Fsp3) is 0.150. The summed E-state index contributed by atoms with van der Waals surface area (Å²) in [6.45, 7) is -0.000261. The van der Waals surface area contributed by atoms with Gasteiger partial charge in [-0.05, 0) is 35.4 Å². The molecule has 0 spiro atoms. The molecule has 25 heavy (non-hydrogen) atoms. The van der Waals surface area contributed by atoms with Gasteiger partial charge in [-0.25, -0.2) is 8.78 Å². The van der Waals surface area contributed by atoms with Crippen LogP contribution < -0.4 is 5.32 Å². The van der Waals surface area contributed by atoms with Crippen molar-refractivity contribution in [1.29, 1.82) is 0 Å². The monoisotopic (exact) mass is 340 g/mol. The fourth-order valence-corrected chi connectivity index (χ4v) is 2.79. The Balaban J connectivity index is 1.82. The molecule has 128 valence electrons. The third kappa shape index (κ3) is 4.07. The van der Waals surface area contributed by atoms with Gasteiger partial charge in [0.1, 0.15) is 11.6 Å². The van der Waals surface area contributed by atoms with Crippen molar-refractivity contribution in [2.45, 2.75) is 12.1 Å².